The van der Waals surface area contributed by atoms with Crippen molar-refractivity contribution in [3.05, 3.63) is 36.4 Å². The van der Waals surface area contributed by atoms with E-state index in [2.05, 4.69) is 12.1 Å². The van der Waals surface area contributed by atoms with Crippen LogP contribution in [0.15, 0.2) is 41.3 Å². The summed E-state index contributed by atoms with van der Waals surface area (Å²) in [4.78, 5) is 13.0. The zero-order valence-electron chi connectivity index (χ0n) is 12.1. The highest BCUT2D eigenvalue weighted by atomic mass is 32.2. The predicted molar refractivity (Wildman–Crippen MR) is 86.2 cm³/mol. The molecule has 110 valence electrons. The Hall–Kier alpha value is -1.68. The standard InChI is InChI=1S/C17H19O3S/c1-2-19-17(18)20-15-9-10-16(21-11-5-6-12-21)14-8-4-3-7-13(14)15/h3-4,7-10H,2,5-6,11-12H2,1H3/q+1. The minimum Gasteiger partial charge on any atom is -0.434 e. The maximum absolute atomic E-state index is 11.6. The summed E-state index contributed by atoms with van der Waals surface area (Å²) in [5.41, 5.74) is 0. The third-order valence-corrected chi connectivity index (χ3v) is 6.18. The number of carbonyl (C=O) groups excluding carboxylic acids is 1. The molecular formula is C17H19O3S+. The summed E-state index contributed by atoms with van der Waals surface area (Å²) in [6.07, 6.45) is 2.00. The van der Waals surface area contributed by atoms with Gasteiger partial charge < -0.3 is 9.47 Å². The summed E-state index contributed by atoms with van der Waals surface area (Å²) in [7, 11) is 0.339. The molecule has 1 aliphatic heterocycles. The Morgan fingerprint density at radius 3 is 2.52 bits per heavy atom. The average molecular weight is 303 g/mol. The molecule has 4 heteroatoms. The molecule has 3 rings (SSSR count). The zero-order chi connectivity index (χ0) is 14.7. The second kappa shape index (κ2) is 6.39. The highest BCUT2D eigenvalue weighted by molar-refractivity contribution is 7.97. The molecule has 0 spiro atoms. The van der Waals surface area contributed by atoms with E-state index in [1.165, 1.54) is 34.6 Å². The van der Waals surface area contributed by atoms with E-state index in [9.17, 15) is 4.79 Å². The fourth-order valence-electron chi connectivity index (χ4n) is 2.70. The fraction of sp³-hybridized carbons (Fsp3) is 0.353. The molecule has 0 amide bonds. The quantitative estimate of drug-likeness (QED) is 0.485. The molecule has 3 nitrogen and oxygen atoms in total. The summed E-state index contributed by atoms with van der Waals surface area (Å²) >= 11 is 0. The Labute approximate surface area is 127 Å². The molecular weight excluding hydrogens is 284 g/mol. The molecule has 0 atom stereocenters. The van der Waals surface area contributed by atoms with Gasteiger partial charge in [-0.05, 0) is 38.0 Å². The number of fused-ring (bicyclic) bond motifs is 1. The van der Waals surface area contributed by atoms with Gasteiger partial charge >= 0.3 is 6.16 Å². The lowest BCUT2D eigenvalue weighted by atomic mass is 10.1. The van der Waals surface area contributed by atoms with Crippen molar-refractivity contribution in [1.82, 2.24) is 0 Å². The van der Waals surface area contributed by atoms with Crippen LogP contribution in [-0.2, 0) is 15.6 Å². The number of carbonyl (C=O) groups is 1. The predicted octanol–water partition coefficient (Wildman–Crippen LogP) is 4.15. The third kappa shape index (κ3) is 3.00. The van der Waals surface area contributed by atoms with Crippen molar-refractivity contribution < 1.29 is 14.3 Å². The molecule has 0 unspecified atom stereocenters. The normalized spacial score (nSPS) is 15.3. The Kier molecular flexibility index (Phi) is 4.34. The van der Waals surface area contributed by atoms with Crippen LogP contribution < -0.4 is 4.74 Å². The van der Waals surface area contributed by atoms with Gasteiger partial charge in [0.25, 0.3) is 0 Å². The number of benzene rings is 2. The minimum atomic E-state index is -0.640. The smallest absolute Gasteiger partial charge is 0.434 e. The minimum absolute atomic E-state index is 0.318. The number of hydrogen-bond donors (Lipinski definition) is 0. The van der Waals surface area contributed by atoms with Crippen LogP contribution in [0.1, 0.15) is 19.8 Å². The van der Waals surface area contributed by atoms with Crippen LogP contribution in [0.2, 0.25) is 0 Å². The largest absolute Gasteiger partial charge is 0.513 e. The fourth-order valence-corrected chi connectivity index (χ4v) is 5.19. The highest BCUT2D eigenvalue weighted by Gasteiger charge is 2.29. The first-order valence-electron chi connectivity index (χ1n) is 7.33. The van der Waals surface area contributed by atoms with Crippen molar-refractivity contribution in [3.63, 3.8) is 0 Å². The lowest BCUT2D eigenvalue weighted by Gasteiger charge is -2.10. The number of hydrogen-bond acceptors (Lipinski definition) is 3. The van der Waals surface area contributed by atoms with Gasteiger partial charge in [0.1, 0.15) is 17.3 Å². The second-order valence-electron chi connectivity index (χ2n) is 5.00. The Morgan fingerprint density at radius 1 is 1.10 bits per heavy atom. The van der Waals surface area contributed by atoms with Crippen molar-refractivity contribution >= 4 is 27.8 Å². The molecule has 0 radical (unpaired) electrons. The molecule has 0 aromatic heterocycles. The summed E-state index contributed by atoms with van der Waals surface area (Å²) < 4.78 is 10.2. The van der Waals surface area contributed by atoms with Crippen molar-refractivity contribution in [1.29, 1.82) is 0 Å². The van der Waals surface area contributed by atoms with Gasteiger partial charge in [-0.25, -0.2) is 4.79 Å². The topological polar surface area (TPSA) is 35.5 Å². The van der Waals surface area contributed by atoms with Crippen molar-refractivity contribution in [2.45, 2.75) is 24.7 Å². The van der Waals surface area contributed by atoms with Gasteiger partial charge in [0.2, 0.25) is 0 Å². The molecule has 0 aliphatic carbocycles. The van der Waals surface area contributed by atoms with E-state index in [-0.39, 0.29) is 0 Å². The molecule has 2 aromatic carbocycles. The highest BCUT2D eigenvalue weighted by Crippen LogP contribution is 2.34. The van der Waals surface area contributed by atoms with Crippen molar-refractivity contribution in [2.24, 2.45) is 0 Å². The molecule has 2 aromatic rings. The summed E-state index contributed by atoms with van der Waals surface area (Å²) in [6, 6.07) is 12.2. The summed E-state index contributed by atoms with van der Waals surface area (Å²) in [6.45, 7) is 2.09. The SMILES string of the molecule is CCOC(=O)Oc1ccc([S+]2CCCC2)c2ccccc12. The van der Waals surface area contributed by atoms with Gasteiger partial charge in [-0.1, -0.05) is 18.2 Å². The number of ether oxygens (including phenoxy) is 2. The van der Waals surface area contributed by atoms with Gasteiger partial charge in [-0.15, -0.1) is 0 Å². The van der Waals surface area contributed by atoms with Crippen LogP contribution in [0.4, 0.5) is 4.79 Å². The lowest BCUT2D eigenvalue weighted by molar-refractivity contribution is 0.105. The lowest BCUT2D eigenvalue weighted by Crippen LogP contribution is -2.11. The average Bonchev–Trinajstić information content (AvgIpc) is 3.02. The second-order valence-corrected chi connectivity index (χ2v) is 7.24. The first kappa shape index (κ1) is 14.3. The molecule has 1 aliphatic rings. The zero-order valence-corrected chi connectivity index (χ0v) is 12.9. The van der Waals surface area contributed by atoms with Crippen LogP contribution in [0, 0.1) is 0 Å². The van der Waals surface area contributed by atoms with Gasteiger partial charge in [0, 0.05) is 21.7 Å². The molecule has 21 heavy (non-hydrogen) atoms. The van der Waals surface area contributed by atoms with Crippen LogP contribution in [0.5, 0.6) is 5.75 Å². The van der Waals surface area contributed by atoms with Crippen LogP contribution >= 0.6 is 0 Å². The molecule has 0 saturated carbocycles. The molecule has 1 saturated heterocycles. The van der Waals surface area contributed by atoms with E-state index in [4.69, 9.17) is 9.47 Å². The molecule has 1 heterocycles. The monoisotopic (exact) mass is 303 g/mol. The summed E-state index contributed by atoms with van der Waals surface area (Å²) in [5.74, 6) is 3.14. The number of rotatable bonds is 3. The first-order valence-corrected chi connectivity index (χ1v) is 8.89. The van der Waals surface area contributed by atoms with Crippen molar-refractivity contribution in [2.75, 3.05) is 18.1 Å². The first-order chi connectivity index (χ1) is 10.3. The van der Waals surface area contributed by atoms with Crippen LogP contribution in [-0.4, -0.2) is 24.3 Å². The molecule has 0 N–H and O–H groups in total. The van der Waals surface area contributed by atoms with E-state index in [0.29, 0.717) is 23.3 Å². The summed E-state index contributed by atoms with van der Waals surface area (Å²) in [5, 5.41) is 2.19. The Balaban J connectivity index is 2.00. The molecule has 0 bridgehead atoms. The van der Waals surface area contributed by atoms with Gasteiger partial charge in [-0.2, -0.15) is 0 Å². The van der Waals surface area contributed by atoms with Gasteiger partial charge in [0.05, 0.1) is 6.61 Å². The van der Waals surface area contributed by atoms with Crippen LogP contribution in [0.25, 0.3) is 10.8 Å². The third-order valence-electron chi connectivity index (χ3n) is 3.64. The van der Waals surface area contributed by atoms with Crippen LogP contribution in [0.3, 0.4) is 0 Å². The maximum atomic E-state index is 11.6. The van der Waals surface area contributed by atoms with Crippen molar-refractivity contribution in [3.8, 4) is 5.75 Å². The van der Waals surface area contributed by atoms with Gasteiger partial charge in [0.15, 0.2) is 4.90 Å². The Morgan fingerprint density at radius 2 is 1.81 bits per heavy atom. The maximum Gasteiger partial charge on any atom is 0.513 e. The van der Waals surface area contributed by atoms with E-state index in [0.717, 1.165) is 5.39 Å². The molecule has 1 fully saturated rings. The van der Waals surface area contributed by atoms with Gasteiger partial charge in [-0.3, -0.25) is 0 Å². The van der Waals surface area contributed by atoms with E-state index in [1.54, 1.807) is 6.92 Å². The van der Waals surface area contributed by atoms with E-state index >= 15 is 0 Å². The Bertz CT molecular complexity index is 648. The van der Waals surface area contributed by atoms with E-state index < -0.39 is 6.16 Å². The van der Waals surface area contributed by atoms with E-state index in [1.807, 2.05) is 24.3 Å².